The fourth-order valence-electron chi connectivity index (χ4n) is 3.59. The first kappa shape index (κ1) is 23.7. The van der Waals surface area contributed by atoms with Crippen molar-refractivity contribution in [2.75, 3.05) is 26.2 Å². The molecule has 3 amide bonds. The van der Waals surface area contributed by atoms with Gasteiger partial charge < -0.3 is 19.5 Å². The van der Waals surface area contributed by atoms with Gasteiger partial charge in [-0.3, -0.25) is 14.4 Å². The van der Waals surface area contributed by atoms with Crippen molar-refractivity contribution >= 4 is 38.9 Å². The number of aryl methyl sites for hydroxylation is 1. The molecule has 1 aliphatic heterocycles. The zero-order valence-corrected chi connectivity index (χ0v) is 20.0. The van der Waals surface area contributed by atoms with E-state index in [2.05, 4.69) is 5.32 Å². The molecule has 1 N–H and O–H groups in total. The molecule has 0 radical (unpaired) electrons. The van der Waals surface area contributed by atoms with Gasteiger partial charge in [0, 0.05) is 26.2 Å². The lowest BCUT2D eigenvalue weighted by Gasteiger charge is -2.36. The number of amides is 3. The first-order valence-electron chi connectivity index (χ1n) is 10.5. The van der Waals surface area contributed by atoms with E-state index < -0.39 is 27.0 Å². The van der Waals surface area contributed by atoms with Gasteiger partial charge in [0.1, 0.15) is 0 Å². The fraction of sp³-hybridized carbons (Fsp3) is 0.261. The number of benzene rings is 1. The highest BCUT2D eigenvalue weighted by molar-refractivity contribution is 7.92. The van der Waals surface area contributed by atoms with E-state index in [1.165, 1.54) is 46.8 Å². The molecule has 9 nitrogen and oxygen atoms in total. The third kappa shape index (κ3) is 4.90. The molecule has 0 bridgehead atoms. The molecule has 1 aliphatic rings. The van der Waals surface area contributed by atoms with Crippen LogP contribution < -0.4 is 5.32 Å². The Morgan fingerprint density at radius 1 is 0.971 bits per heavy atom. The maximum atomic E-state index is 13.4. The number of nitrogens with one attached hydrogen (secondary N) is 1. The summed E-state index contributed by atoms with van der Waals surface area (Å²) in [5, 5.41) is 2.31. The molecule has 1 saturated heterocycles. The smallest absolute Gasteiger partial charge is 0.288 e. The summed E-state index contributed by atoms with van der Waals surface area (Å²) in [6.45, 7) is 2.62. The van der Waals surface area contributed by atoms with E-state index in [0.717, 1.165) is 5.56 Å². The second-order valence-electron chi connectivity index (χ2n) is 7.78. The largest absolute Gasteiger partial charge is 0.459 e. The van der Waals surface area contributed by atoms with Crippen LogP contribution in [0.25, 0.3) is 0 Å². The standard InChI is InChI=1S/C23H23N3O6S2/c1-16-6-8-17(9-7-16)34(30,31)21(24-20(27)18-4-2-14-32-18)23(29)26-12-10-25(11-13-26)22(28)19-5-3-15-33-19/h2-9,14-15,21H,10-13H2,1H3,(H,24,27). The number of furan rings is 1. The summed E-state index contributed by atoms with van der Waals surface area (Å²) in [5.74, 6) is -1.81. The lowest BCUT2D eigenvalue weighted by atomic mass is 10.2. The Balaban J connectivity index is 1.55. The normalized spacial score (nSPS) is 15.1. The van der Waals surface area contributed by atoms with Gasteiger partial charge in [-0.15, -0.1) is 11.3 Å². The molecule has 2 aromatic heterocycles. The van der Waals surface area contributed by atoms with Crippen molar-refractivity contribution in [1.29, 1.82) is 0 Å². The van der Waals surface area contributed by atoms with Crippen LogP contribution in [0.2, 0.25) is 0 Å². The molecular formula is C23H23N3O6S2. The first-order valence-corrected chi connectivity index (χ1v) is 13.0. The van der Waals surface area contributed by atoms with E-state index >= 15 is 0 Å². The van der Waals surface area contributed by atoms with Crippen LogP contribution in [0.5, 0.6) is 0 Å². The number of hydrogen-bond donors (Lipinski definition) is 1. The highest BCUT2D eigenvalue weighted by Gasteiger charge is 2.40. The zero-order valence-electron chi connectivity index (χ0n) is 18.3. The third-order valence-electron chi connectivity index (χ3n) is 5.50. The molecule has 1 fully saturated rings. The average molecular weight is 502 g/mol. The Morgan fingerprint density at radius 2 is 1.65 bits per heavy atom. The summed E-state index contributed by atoms with van der Waals surface area (Å²) in [6, 6.07) is 12.5. The Bertz CT molecular complexity index is 1260. The summed E-state index contributed by atoms with van der Waals surface area (Å²) < 4.78 is 31.9. The number of sulfone groups is 1. The molecular weight excluding hydrogens is 478 g/mol. The molecule has 1 aromatic carbocycles. The van der Waals surface area contributed by atoms with Gasteiger partial charge in [-0.2, -0.15) is 0 Å². The van der Waals surface area contributed by atoms with Gasteiger partial charge >= 0.3 is 0 Å². The van der Waals surface area contributed by atoms with Crippen molar-refractivity contribution in [2.45, 2.75) is 17.2 Å². The second kappa shape index (κ2) is 9.82. The summed E-state index contributed by atoms with van der Waals surface area (Å²) >= 11 is 1.34. The Hall–Kier alpha value is -3.44. The van der Waals surface area contributed by atoms with E-state index in [1.807, 2.05) is 12.3 Å². The van der Waals surface area contributed by atoms with E-state index in [0.29, 0.717) is 4.88 Å². The minimum absolute atomic E-state index is 0.0808. The van der Waals surface area contributed by atoms with Crippen LogP contribution in [0, 0.1) is 6.92 Å². The van der Waals surface area contributed by atoms with E-state index in [-0.39, 0.29) is 42.7 Å². The monoisotopic (exact) mass is 501 g/mol. The molecule has 1 unspecified atom stereocenters. The van der Waals surface area contributed by atoms with Crippen LogP contribution in [0.4, 0.5) is 0 Å². The summed E-state index contributed by atoms with van der Waals surface area (Å²) in [5.41, 5.74) is 0.855. The Kier molecular flexibility index (Phi) is 6.85. The highest BCUT2D eigenvalue weighted by Crippen LogP contribution is 2.20. The minimum Gasteiger partial charge on any atom is -0.459 e. The Morgan fingerprint density at radius 3 is 2.24 bits per heavy atom. The van der Waals surface area contributed by atoms with E-state index in [9.17, 15) is 22.8 Å². The molecule has 178 valence electrons. The van der Waals surface area contributed by atoms with Crippen LogP contribution in [0.1, 0.15) is 25.8 Å². The summed E-state index contributed by atoms with van der Waals surface area (Å²) in [4.78, 5) is 42.1. The predicted octanol–water partition coefficient (Wildman–Crippen LogP) is 2.16. The molecule has 0 saturated carbocycles. The van der Waals surface area contributed by atoms with Gasteiger partial charge in [0.15, 0.2) is 5.76 Å². The maximum absolute atomic E-state index is 13.4. The van der Waals surface area contributed by atoms with Gasteiger partial charge in [-0.1, -0.05) is 23.8 Å². The summed E-state index contributed by atoms with van der Waals surface area (Å²) in [7, 11) is -4.26. The fourth-order valence-corrected chi connectivity index (χ4v) is 5.74. The van der Waals surface area contributed by atoms with Crippen molar-refractivity contribution in [1.82, 2.24) is 15.1 Å². The lowest BCUT2D eigenvalue weighted by Crippen LogP contribution is -2.57. The van der Waals surface area contributed by atoms with Crippen LogP contribution in [-0.2, 0) is 14.6 Å². The van der Waals surface area contributed by atoms with Crippen molar-refractivity contribution in [3.05, 3.63) is 76.4 Å². The zero-order chi connectivity index (χ0) is 24.3. The van der Waals surface area contributed by atoms with Crippen LogP contribution >= 0.6 is 11.3 Å². The van der Waals surface area contributed by atoms with Gasteiger partial charge in [-0.05, 0) is 42.6 Å². The Labute approximate surface area is 200 Å². The molecule has 3 aromatic rings. The van der Waals surface area contributed by atoms with E-state index in [4.69, 9.17) is 4.42 Å². The lowest BCUT2D eigenvalue weighted by molar-refractivity contribution is -0.132. The maximum Gasteiger partial charge on any atom is 0.288 e. The minimum atomic E-state index is -4.26. The SMILES string of the molecule is Cc1ccc(S(=O)(=O)C(NC(=O)c2ccco2)C(=O)N2CCN(C(=O)c3cccs3)CC2)cc1. The van der Waals surface area contributed by atoms with Gasteiger partial charge in [0.25, 0.3) is 17.7 Å². The summed E-state index contributed by atoms with van der Waals surface area (Å²) in [6.07, 6.45) is 1.28. The number of carbonyl (C=O) groups excluding carboxylic acids is 3. The second-order valence-corrected chi connectivity index (χ2v) is 10.8. The van der Waals surface area contributed by atoms with Crippen molar-refractivity contribution in [3.63, 3.8) is 0 Å². The van der Waals surface area contributed by atoms with E-state index in [1.54, 1.807) is 29.2 Å². The number of piperazine rings is 1. The molecule has 4 rings (SSSR count). The van der Waals surface area contributed by atoms with Crippen LogP contribution in [-0.4, -0.2) is 67.5 Å². The van der Waals surface area contributed by atoms with Crippen LogP contribution in [0.3, 0.4) is 0 Å². The van der Waals surface area contributed by atoms with Crippen molar-refractivity contribution < 1.29 is 27.2 Å². The van der Waals surface area contributed by atoms with Crippen molar-refractivity contribution in [2.24, 2.45) is 0 Å². The topological polar surface area (TPSA) is 117 Å². The van der Waals surface area contributed by atoms with Gasteiger partial charge in [-0.25, -0.2) is 8.42 Å². The quantitative estimate of drug-likeness (QED) is 0.553. The number of nitrogens with zero attached hydrogens (tertiary/aromatic N) is 2. The number of thiophene rings is 1. The van der Waals surface area contributed by atoms with Crippen LogP contribution in [0.15, 0.2) is 69.5 Å². The van der Waals surface area contributed by atoms with Gasteiger partial charge in [0.2, 0.25) is 15.2 Å². The first-order chi connectivity index (χ1) is 16.3. The molecule has 1 atom stereocenters. The van der Waals surface area contributed by atoms with Crippen molar-refractivity contribution in [3.8, 4) is 0 Å². The number of carbonyl (C=O) groups is 3. The molecule has 3 heterocycles. The highest BCUT2D eigenvalue weighted by atomic mass is 32.2. The molecule has 11 heteroatoms. The number of rotatable bonds is 6. The third-order valence-corrected chi connectivity index (χ3v) is 8.23. The molecule has 0 aliphatic carbocycles. The number of hydrogen-bond acceptors (Lipinski definition) is 7. The van der Waals surface area contributed by atoms with Gasteiger partial charge in [0.05, 0.1) is 16.0 Å². The molecule has 34 heavy (non-hydrogen) atoms. The predicted molar refractivity (Wildman–Crippen MR) is 125 cm³/mol. The molecule has 0 spiro atoms. The average Bonchev–Trinajstić information content (AvgIpc) is 3.57.